The fourth-order valence-electron chi connectivity index (χ4n) is 6.48. The molecule has 286 valence electrons. The van der Waals surface area contributed by atoms with Gasteiger partial charge in [-0.1, -0.05) is 140 Å². The Labute approximate surface area is 305 Å². The zero-order valence-electron chi connectivity index (χ0n) is 32.7. The SMILES string of the molecule is CCCCCC=CCC=CCCCCCCCCOC1CN(CC(O)COC)C[C@H]1OCCCCCCCCC=CCC=CCCCCC. The summed E-state index contributed by atoms with van der Waals surface area (Å²) >= 11 is 0. The average molecular weight is 688 g/mol. The number of allylic oxidation sites excluding steroid dienone is 8. The molecule has 1 aliphatic heterocycles. The number of aliphatic hydroxyl groups is 1. The topological polar surface area (TPSA) is 51.2 Å². The van der Waals surface area contributed by atoms with Crippen LogP contribution in [0.4, 0.5) is 0 Å². The Hall–Kier alpha value is -1.24. The third-order valence-electron chi connectivity index (χ3n) is 9.47. The van der Waals surface area contributed by atoms with Crippen molar-refractivity contribution in [1.29, 1.82) is 0 Å². The van der Waals surface area contributed by atoms with Crippen molar-refractivity contribution in [2.24, 2.45) is 0 Å². The standard InChI is InChI=1S/C44H81NO4/c1-4-6-8-10-12-14-16-18-20-22-24-26-28-30-32-34-36-48-43-39-45(38-42(46)41-47-3)40-44(43)49-37-35-33-31-29-27-25-23-21-19-17-15-13-11-9-7-5-2/h12-15,18-21,42-44,46H,4-11,16-17,22-41H2,1-3H3/t42?,43-,44?/m1/s1. The predicted molar refractivity (Wildman–Crippen MR) is 213 cm³/mol. The van der Waals surface area contributed by atoms with Crippen molar-refractivity contribution in [1.82, 2.24) is 4.90 Å². The minimum atomic E-state index is -0.468. The molecule has 5 nitrogen and oxygen atoms in total. The predicted octanol–water partition coefficient (Wildman–Crippen LogP) is 11.7. The quantitative estimate of drug-likeness (QED) is 0.0525. The van der Waals surface area contributed by atoms with Crippen molar-refractivity contribution in [2.45, 2.75) is 186 Å². The van der Waals surface area contributed by atoms with E-state index in [2.05, 4.69) is 67.4 Å². The summed E-state index contributed by atoms with van der Waals surface area (Å²) in [6.07, 6.45) is 48.6. The van der Waals surface area contributed by atoms with Crippen molar-refractivity contribution >= 4 is 0 Å². The first-order chi connectivity index (χ1) is 24.2. The molecule has 0 saturated carbocycles. The number of rotatable bonds is 36. The molecule has 1 fully saturated rings. The summed E-state index contributed by atoms with van der Waals surface area (Å²) in [7, 11) is 1.64. The highest BCUT2D eigenvalue weighted by atomic mass is 16.5. The van der Waals surface area contributed by atoms with Gasteiger partial charge in [-0.2, -0.15) is 0 Å². The summed E-state index contributed by atoms with van der Waals surface area (Å²) in [5, 5.41) is 10.3. The molecule has 0 aromatic heterocycles. The van der Waals surface area contributed by atoms with Crippen molar-refractivity contribution in [3.05, 3.63) is 48.6 Å². The molecule has 1 N–H and O–H groups in total. The maximum atomic E-state index is 10.3. The third kappa shape index (κ3) is 30.1. The first-order valence-corrected chi connectivity index (χ1v) is 20.9. The highest BCUT2D eigenvalue weighted by Gasteiger charge is 2.34. The van der Waals surface area contributed by atoms with E-state index in [0.717, 1.165) is 52.0 Å². The molecule has 0 aromatic carbocycles. The van der Waals surface area contributed by atoms with Gasteiger partial charge in [0.25, 0.3) is 0 Å². The van der Waals surface area contributed by atoms with Gasteiger partial charge < -0.3 is 19.3 Å². The second kappa shape index (κ2) is 36.5. The second-order valence-corrected chi connectivity index (χ2v) is 14.3. The number of β-amino-alcohol motifs (C(OH)–C–C–N with tert-alkyl or cyclic N) is 1. The number of ether oxygens (including phenoxy) is 3. The van der Waals surface area contributed by atoms with E-state index in [1.807, 2.05) is 0 Å². The normalized spacial score (nSPS) is 18.0. The number of likely N-dealkylation sites (tertiary alicyclic amines) is 1. The summed E-state index contributed by atoms with van der Waals surface area (Å²) in [5.41, 5.74) is 0. The number of hydrogen-bond acceptors (Lipinski definition) is 5. The van der Waals surface area contributed by atoms with Crippen molar-refractivity contribution in [3.63, 3.8) is 0 Å². The second-order valence-electron chi connectivity index (χ2n) is 14.3. The molecular formula is C44H81NO4. The number of hydrogen-bond donors (Lipinski definition) is 1. The minimum Gasteiger partial charge on any atom is -0.389 e. The summed E-state index contributed by atoms with van der Waals surface area (Å²) in [6.45, 7) is 8.77. The van der Waals surface area contributed by atoms with Gasteiger partial charge in [0.05, 0.1) is 24.9 Å². The van der Waals surface area contributed by atoms with Gasteiger partial charge in [0.1, 0.15) is 0 Å². The van der Waals surface area contributed by atoms with Gasteiger partial charge in [0.15, 0.2) is 0 Å². The first-order valence-electron chi connectivity index (χ1n) is 20.9. The van der Waals surface area contributed by atoms with Crippen molar-refractivity contribution in [2.75, 3.05) is 46.6 Å². The average Bonchev–Trinajstić information content (AvgIpc) is 3.48. The van der Waals surface area contributed by atoms with E-state index in [-0.39, 0.29) is 12.2 Å². The lowest BCUT2D eigenvalue weighted by molar-refractivity contribution is -0.0481. The minimum absolute atomic E-state index is 0.0947. The summed E-state index contributed by atoms with van der Waals surface area (Å²) in [6, 6.07) is 0. The van der Waals surface area contributed by atoms with Crippen LogP contribution in [-0.2, 0) is 14.2 Å². The Morgan fingerprint density at radius 2 is 0.898 bits per heavy atom. The Balaban J connectivity index is 2.12. The largest absolute Gasteiger partial charge is 0.389 e. The molecule has 1 aliphatic rings. The lowest BCUT2D eigenvalue weighted by Gasteiger charge is -2.20. The van der Waals surface area contributed by atoms with Gasteiger partial charge in [0, 0.05) is 40.0 Å². The number of unbranched alkanes of at least 4 members (excludes halogenated alkanes) is 18. The number of nitrogens with zero attached hydrogens (tertiary/aromatic N) is 1. The smallest absolute Gasteiger partial charge is 0.0975 e. The van der Waals surface area contributed by atoms with E-state index in [1.54, 1.807) is 7.11 Å². The van der Waals surface area contributed by atoms with E-state index in [1.165, 1.54) is 128 Å². The van der Waals surface area contributed by atoms with Crippen LogP contribution in [0.25, 0.3) is 0 Å². The molecule has 2 unspecified atom stereocenters. The van der Waals surface area contributed by atoms with Crippen LogP contribution in [0.3, 0.4) is 0 Å². The molecule has 0 bridgehead atoms. The zero-order valence-corrected chi connectivity index (χ0v) is 32.7. The zero-order chi connectivity index (χ0) is 35.3. The third-order valence-corrected chi connectivity index (χ3v) is 9.47. The van der Waals surface area contributed by atoms with Gasteiger partial charge in [-0.3, -0.25) is 4.90 Å². The van der Waals surface area contributed by atoms with E-state index in [4.69, 9.17) is 14.2 Å². The summed E-state index contributed by atoms with van der Waals surface area (Å²) < 4.78 is 17.9. The molecule has 49 heavy (non-hydrogen) atoms. The van der Waals surface area contributed by atoms with Crippen molar-refractivity contribution in [3.8, 4) is 0 Å². The molecule has 0 aromatic rings. The number of methoxy groups -OCH3 is 1. The van der Waals surface area contributed by atoms with Crippen LogP contribution >= 0.6 is 0 Å². The van der Waals surface area contributed by atoms with Crippen LogP contribution < -0.4 is 0 Å². The fraction of sp³-hybridized carbons (Fsp3) is 0.818. The molecule has 0 radical (unpaired) electrons. The molecule has 1 heterocycles. The van der Waals surface area contributed by atoms with E-state index >= 15 is 0 Å². The maximum absolute atomic E-state index is 10.3. The summed E-state index contributed by atoms with van der Waals surface area (Å²) in [4.78, 5) is 2.29. The lowest BCUT2D eigenvalue weighted by atomic mass is 10.1. The Bertz CT molecular complexity index is 736. The molecule has 5 heteroatoms. The molecule has 3 atom stereocenters. The van der Waals surface area contributed by atoms with E-state index < -0.39 is 6.10 Å². The van der Waals surface area contributed by atoms with Gasteiger partial charge in [0.2, 0.25) is 0 Å². The van der Waals surface area contributed by atoms with E-state index in [0.29, 0.717) is 13.2 Å². The number of aliphatic hydroxyl groups excluding tert-OH is 1. The van der Waals surface area contributed by atoms with Gasteiger partial charge in [-0.05, 0) is 77.0 Å². The molecule has 0 amide bonds. The van der Waals surface area contributed by atoms with Gasteiger partial charge >= 0.3 is 0 Å². The lowest BCUT2D eigenvalue weighted by Crippen LogP contribution is -2.34. The van der Waals surface area contributed by atoms with Crippen LogP contribution in [-0.4, -0.2) is 74.9 Å². The maximum Gasteiger partial charge on any atom is 0.0975 e. The monoisotopic (exact) mass is 688 g/mol. The Kier molecular flexibility index (Phi) is 34.1. The fourth-order valence-corrected chi connectivity index (χ4v) is 6.48. The van der Waals surface area contributed by atoms with Gasteiger partial charge in [-0.15, -0.1) is 0 Å². The van der Waals surface area contributed by atoms with Crippen LogP contribution in [0.5, 0.6) is 0 Å². The Morgan fingerprint density at radius 3 is 1.29 bits per heavy atom. The highest BCUT2D eigenvalue weighted by molar-refractivity contribution is 4.93. The Morgan fingerprint density at radius 1 is 0.531 bits per heavy atom. The van der Waals surface area contributed by atoms with Crippen molar-refractivity contribution < 1.29 is 19.3 Å². The molecular weight excluding hydrogens is 606 g/mol. The summed E-state index contributed by atoms with van der Waals surface area (Å²) in [5.74, 6) is 0. The van der Waals surface area contributed by atoms with Gasteiger partial charge in [-0.25, -0.2) is 0 Å². The van der Waals surface area contributed by atoms with Crippen LogP contribution in [0.1, 0.15) is 168 Å². The molecule has 1 saturated heterocycles. The highest BCUT2D eigenvalue weighted by Crippen LogP contribution is 2.19. The first kappa shape index (κ1) is 45.8. The molecule has 0 aliphatic carbocycles. The molecule has 0 spiro atoms. The van der Waals surface area contributed by atoms with E-state index in [9.17, 15) is 5.11 Å². The van der Waals surface area contributed by atoms with Crippen LogP contribution in [0.2, 0.25) is 0 Å². The molecule has 1 rings (SSSR count). The van der Waals surface area contributed by atoms with Crippen LogP contribution in [0, 0.1) is 0 Å². The van der Waals surface area contributed by atoms with Crippen LogP contribution in [0.15, 0.2) is 48.6 Å².